The molecule has 0 radical (unpaired) electrons. The zero-order valence-corrected chi connectivity index (χ0v) is 8.83. The molecule has 1 fully saturated rings. The molecule has 0 aliphatic heterocycles. The van der Waals surface area contributed by atoms with E-state index in [1.54, 1.807) is 0 Å². The molecule has 1 aliphatic carbocycles. The first kappa shape index (κ1) is 9.44. The van der Waals surface area contributed by atoms with E-state index in [2.05, 4.69) is 16.9 Å². The quantitative estimate of drug-likeness (QED) is 0.740. The topological polar surface area (TPSA) is 51.8 Å². The normalized spacial score (nSPS) is 26.7. The minimum absolute atomic E-state index is 0.534. The summed E-state index contributed by atoms with van der Waals surface area (Å²) in [5.74, 6) is 2.90. The number of nitrogens with two attached hydrogens (primary N) is 1. The maximum absolute atomic E-state index is 5.71. The van der Waals surface area contributed by atoms with Crippen LogP contribution in [0.5, 0.6) is 0 Å². The van der Waals surface area contributed by atoms with E-state index in [1.165, 1.54) is 19.3 Å². The lowest BCUT2D eigenvalue weighted by Crippen LogP contribution is -2.05. The molecule has 2 atom stereocenters. The Morgan fingerprint density at radius 1 is 1.36 bits per heavy atom. The minimum Gasteiger partial charge on any atom is -0.384 e. The molecule has 0 saturated heterocycles. The van der Waals surface area contributed by atoms with Crippen molar-refractivity contribution in [2.75, 3.05) is 5.73 Å². The maximum Gasteiger partial charge on any atom is 0.134 e. The molecule has 1 aliphatic rings. The van der Waals surface area contributed by atoms with Crippen LogP contribution in [0.3, 0.4) is 0 Å². The highest BCUT2D eigenvalue weighted by molar-refractivity contribution is 5.30. The molecule has 0 amide bonds. The number of hydrogen-bond donors (Lipinski definition) is 1. The smallest absolute Gasteiger partial charge is 0.134 e. The van der Waals surface area contributed by atoms with Crippen LogP contribution >= 0.6 is 0 Å². The summed E-state index contributed by atoms with van der Waals surface area (Å²) in [6.45, 7) is 4.26. The van der Waals surface area contributed by atoms with Gasteiger partial charge in [0.05, 0.1) is 0 Å². The van der Waals surface area contributed by atoms with Gasteiger partial charge in [-0.25, -0.2) is 9.97 Å². The van der Waals surface area contributed by atoms with Crippen LogP contribution in [0.25, 0.3) is 0 Å². The fraction of sp³-hybridized carbons (Fsp3) is 0.636. The number of nitrogen functional groups attached to an aromatic ring is 1. The second kappa shape index (κ2) is 3.56. The molecule has 0 spiro atoms. The summed E-state index contributed by atoms with van der Waals surface area (Å²) in [7, 11) is 0. The molecule has 1 aromatic heterocycles. The van der Waals surface area contributed by atoms with Gasteiger partial charge >= 0.3 is 0 Å². The van der Waals surface area contributed by atoms with Crippen molar-refractivity contribution >= 4 is 5.82 Å². The molecule has 3 nitrogen and oxygen atoms in total. The molecular formula is C11H17N3. The summed E-state index contributed by atoms with van der Waals surface area (Å²) in [6, 6.07) is 1.82. The van der Waals surface area contributed by atoms with Gasteiger partial charge < -0.3 is 5.73 Å². The predicted molar refractivity (Wildman–Crippen MR) is 56.9 cm³/mol. The van der Waals surface area contributed by atoms with Crippen molar-refractivity contribution in [2.45, 2.75) is 39.0 Å². The lowest BCUT2D eigenvalue weighted by molar-refractivity contribution is 0.585. The average Bonchev–Trinajstić information content (AvgIpc) is 2.50. The van der Waals surface area contributed by atoms with Gasteiger partial charge in [-0.15, -0.1) is 0 Å². The van der Waals surface area contributed by atoms with E-state index in [0.29, 0.717) is 11.7 Å². The number of rotatable bonds is 1. The molecule has 76 valence electrons. The van der Waals surface area contributed by atoms with Crippen LogP contribution in [-0.4, -0.2) is 9.97 Å². The Balaban J connectivity index is 2.23. The summed E-state index contributed by atoms with van der Waals surface area (Å²) >= 11 is 0. The molecule has 14 heavy (non-hydrogen) atoms. The summed E-state index contributed by atoms with van der Waals surface area (Å²) in [5, 5.41) is 0. The number of nitrogens with zero attached hydrogens (tertiary/aromatic N) is 2. The van der Waals surface area contributed by atoms with Gasteiger partial charge in [0.2, 0.25) is 0 Å². The van der Waals surface area contributed by atoms with Gasteiger partial charge in [0.1, 0.15) is 11.6 Å². The van der Waals surface area contributed by atoms with E-state index in [4.69, 9.17) is 5.73 Å². The lowest BCUT2D eigenvalue weighted by atomic mass is 10.1. The second-order valence-corrected chi connectivity index (χ2v) is 4.41. The molecule has 2 N–H and O–H groups in total. The highest BCUT2D eigenvalue weighted by atomic mass is 15.0. The van der Waals surface area contributed by atoms with Gasteiger partial charge in [0.15, 0.2) is 0 Å². The predicted octanol–water partition coefficient (Wildman–Crippen LogP) is 2.27. The van der Waals surface area contributed by atoms with Crippen LogP contribution in [0.1, 0.15) is 43.6 Å². The minimum atomic E-state index is 0.534. The third-order valence-electron chi connectivity index (χ3n) is 2.95. The Hall–Kier alpha value is -1.12. The van der Waals surface area contributed by atoms with E-state index < -0.39 is 0 Å². The van der Waals surface area contributed by atoms with Crippen molar-refractivity contribution in [2.24, 2.45) is 5.92 Å². The molecule has 0 aromatic carbocycles. The van der Waals surface area contributed by atoms with E-state index in [9.17, 15) is 0 Å². The second-order valence-electron chi connectivity index (χ2n) is 4.41. The third kappa shape index (κ3) is 1.86. The zero-order chi connectivity index (χ0) is 10.1. The molecule has 2 rings (SSSR count). The average molecular weight is 191 g/mol. The zero-order valence-electron chi connectivity index (χ0n) is 8.83. The molecule has 1 aromatic rings. The van der Waals surface area contributed by atoms with Crippen LogP contribution < -0.4 is 5.73 Å². The Kier molecular flexibility index (Phi) is 2.40. The Morgan fingerprint density at radius 3 is 2.71 bits per heavy atom. The summed E-state index contributed by atoms with van der Waals surface area (Å²) in [6.07, 6.45) is 3.72. The monoisotopic (exact) mass is 191 g/mol. The first-order valence-electron chi connectivity index (χ1n) is 5.26. The number of aromatic nitrogens is 2. The van der Waals surface area contributed by atoms with Crippen molar-refractivity contribution in [1.82, 2.24) is 9.97 Å². The van der Waals surface area contributed by atoms with Gasteiger partial charge in [-0.1, -0.05) is 6.92 Å². The largest absolute Gasteiger partial charge is 0.384 e. The van der Waals surface area contributed by atoms with Crippen LogP contribution in [0, 0.1) is 12.8 Å². The van der Waals surface area contributed by atoms with E-state index in [-0.39, 0.29) is 0 Å². The highest BCUT2D eigenvalue weighted by Crippen LogP contribution is 2.36. The van der Waals surface area contributed by atoms with Crippen molar-refractivity contribution in [3.63, 3.8) is 0 Å². The first-order chi connectivity index (χ1) is 6.65. The molecule has 0 bridgehead atoms. The fourth-order valence-corrected chi connectivity index (χ4v) is 2.24. The Morgan fingerprint density at radius 2 is 2.14 bits per heavy atom. The number of aryl methyl sites for hydroxylation is 1. The van der Waals surface area contributed by atoms with E-state index >= 15 is 0 Å². The third-order valence-corrected chi connectivity index (χ3v) is 2.95. The van der Waals surface area contributed by atoms with E-state index in [0.717, 1.165) is 17.4 Å². The van der Waals surface area contributed by atoms with Gasteiger partial charge in [-0.3, -0.25) is 0 Å². The van der Waals surface area contributed by atoms with Crippen molar-refractivity contribution in [1.29, 1.82) is 0 Å². The summed E-state index contributed by atoms with van der Waals surface area (Å²) in [4.78, 5) is 8.78. The standard InChI is InChI=1S/C11H17N3/c1-7-3-4-9(5-7)11-13-8(2)6-10(12)14-11/h6-7,9H,3-5H2,1-2H3,(H2,12,13,14). The van der Waals surface area contributed by atoms with Crippen LogP contribution in [0.4, 0.5) is 5.82 Å². The van der Waals surface area contributed by atoms with Crippen LogP contribution in [0.15, 0.2) is 6.07 Å². The van der Waals surface area contributed by atoms with Crippen molar-refractivity contribution in [3.8, 4) is 0 Å². The van der Waals surface area contributed by atoms with Gasteiger partial charge in [-0.05, 0) is 32.1 Å². The van der Waals surface area contributed by atoms with Gasteiger partial charge in [0.25, 0.3) is 0 Å². The van der Waals surface area contributed by atoms with Gasteiger partial charge in [0, 0.05) is 17.7 Å². The summed E-state index contributed by atoms with van der Waals surface area (Å²) < 4.78 is 0. The number of hydrogen-bond acceptors (Lipinski definition) is 3. The van der Waals surface area contributed by atoms with E-state index in [1.807, 2.05) is 13.0 Å². The SMILES string of the molecule is Cc1cc(N)nc(C2CCC(C)C2)n1. The Labute approximate surface area is 84.8 Å². The van der Waals surface area contributed by atoms with Crippen LogP contribution in [0.2, 0.25) is 0 Å². The highest BCUT2D eigenvalue weighted by Gasteiger charge is 2.25. The van der Waals surface area contributed by atoms with Gasteiger partial charge in [-0.2, -0.15) is 0 Å². The number of anilines is 1. The molecule has 1 saturated carbocycles. The molecule has 2 unspecified atom stereocenters. The van der Waals surface area contributed by atoms with Crippen molar-refractivity contribution < 1.29 is 0 Å². The Bertz CT molecular complexity index is 315. The molecule has 1 heterocycles. The summed E-state index contributed by atoms with van der Waals surface area (Å²) in [5.41, 5.74) is 6.69. The fourth-order valence-electron chi connectivity index (χ4n) is 2.24. The maximum atomic E-state index is 5.71. The van der Waals surface area contributed by atoms with Crippen molar-refractivity contribution in [3.05, 3.63) is 17.6 Å². The lowest BCUT2D eigenvalue weighted by Gasteiger charge is -2.09. The molecule has 3 heteroatoms. The molecular weight excluding hydrogens is 174 g/mol. The van der Waals surface area contributed by atoms with Crippen LogP contribution in [-0.2, 0) is 0 Å². The first-order valence-corrected chi connectivity index (χ1v) is 5.26.